The summed E-state index contributed by atoms with van der Waals surface area (Å²) in [6.45, 7) is 0. The van der Waals surface area contributed by atoms with Crippen LogP contribution < -0.4 is 10.1 Å². The van der Waals surface area contributed by atoms with Crippen LogP contribution in [-0.4, -0.2) is 6.36 Å². The first-order valence-electron chi connectivity index (χ1n) is 5.07. The van der Waals surface area contributed by atoms with E-state index in [1.165, 1.54) is 18.2 Å². The lowest BCUT2D eigenvalue weighted by molar-refractivity contribution is -0.274. The summed E-state index contributed by atoms with van der Waals surface area (Å²) in [6, 6.07) is 6.34. The van der Waals surface area contributed by atoms with E-state index in [9.17, 15) is 17.6 Å². The lowest BCUT2D eigenvalue weighted by Crippen LogP contribution is -2.17. The number of anilines is 1. The number of rotatable bonds is 3. The van der Waals surface area contributed by atoms with Gasteiger partial charge in [0, 0.05) is 17.8 Å². The number of ether oxygens (including phenoxy) is 1. The third-order valence-electron chi connectivity index (χ3n) is 1.96. The Morgan fingerprint density at radius 1 is 1.05 bits per heavy atom. The number of nitrogens with one attached hydrogen (secondary N) is 1. The number of hydrogen-bond donors (Lipinski definition) is 1. The summed E-state index contributed by atoms with van der Waals surface area (Å²) in [5.74, 6) is -1.91. The first kappa shape index (κ1) is 15.8. The van der Waals surface area contributed by atoms with Gasteiger partial charge < -0.3 is 10.1 Å². The number of allylic oxidation sites excluding steroid dienone is 2. The molecule has 5 nitrogen and oxygen atoms in total. The zero-order valence-corrected chi connectivity index (χ0v) is 9.99. The van der Waals surface area contributed by atoms with E-state index < -0.39 is 29.2 Å². The average molecular weight is 296 g/mol. The number of nitriles is 3. The van der Waals surface area contributed by atoms with Gasteiger partial charge >= 0.3 is 6.36 Å². The third-order valence-corrected chi connectivity index (χ3v) is 1.96. The molecular formula is C12H4F4N4O. The molecule has 0 aliphatic heterocycles. The molecule has 0 fully saturated rings. The summed E-state index contributed by atoms with van der Waals surface area (Å²) in [5.41, 5.74) is -1.41. The molecule has 1 aromatic carbocycles. The maximum Gasteiger partial charge on any atom is 0.573 e. The van der Waals surface area contributed by atoms with Crippen LogP contribution in [0.4, 0.5) is 23.2 Å². The van der Waals surface area contributed by atoms with Crippen molar-refractivity contribution < 1.29 is 22.3 Å². The molecule has 0 radical (unpaired) electrons. The molecule has 0 unspecified atom stereocenters. The summed E-state index contributed by atoms with van der Waals surface area (Å²) in [4.78, 5) is 0. The molecule has 0 saturated carbocycles. The highest BCUT2D eigenvalue weighted by Crippen LogP contribution is 2.27. The van der Waals surface area contributed by atoms with E-state index in [4.69, 9.17) is 15.8 Å². The van der Waals surface area contributed by atoms with Crippen LogP contribution in [0, 0.1) is 39.8 Å². The first-order chi connectivity index (χ1) is 9.78. The van der Waals surface area contributed by atoms with Gasteiger partial charge in [0.15, 0.2) is 5.57 Å². The molecule has 1 N–H and O–H groups in total. The van der Waals surface area contributed by atoms with Gasteiger partial charge in [-0.05, 0) is 6.07 Å². The normalized spacial score (nSPS) is 9.76. The van der Waals surface area contributed by atoms with Crippen molar-refractivity contribution in [3.8, 4) is 24.0 Å². The van der Waals surface area contributed by atoms with Crippen LogP contribution in [0.2, 0.25) is 0 Å². The second kappa shape index (κ2) is 6.27. The van der Waals surface area contributed by atoms with Gasteiger partial charge in [-0.15, -0.1) is 13.2 Å². The van der Waals surface area contributed by atoms with Crippen molar-refractivity contribution in [3.63, 3.8) is 0 Å². The fraction of sp³-hybridized carbons (Fsp3) is 0.0833. The second-order valence-electron chi connectivity index (χ2n) is 3.43. The Hall–Kier alpha value is -3.25. The van der Waals surface area contributed by atoms with E-state index in [0.717, 1.165) is 12.1 Å². The predicted molar refractivity (Wildman–Crippen MR) is 60.6 cm³/mol. The molecule has 0 aliphatic rings. The van der Waals surface area contributed by atoms with Crippen LogP contribution >= 0.6 is 0 Å². The Morgan fingerprint density at radius 3 is 2.14 bits per heavy atom. The van der Waals surface area contributed by atoms with E-state index in [-0.39, 0.29) is 5.69 Å². The van der Waals surface area contributed by atoms with E-state index in [2.05, 4.69) is 10.1 Å². The second-order valence-corrected chi connectivity index (χ2v) is 3.43. The Balaban J connectivity index is 3.17. The van der Waals surface area contributed by atoms with Crippen LogP contribution in [0.3, 0.4) is 0 Å². The van der Waals surface area contributed by atoms with E-state index >= 15 is 0 Å². The van der Waals surface area contributed by atoms with Gasteiger partial charge in [0.05, 0.1) is 0 Å². The smallest absolute Gasteiger partial charge is 0.406 e. The van der Waals surface area contributed by atoms with Crippen molar-refractivity contribution in [3.05, 3.63) is 35.3 Å². The number of benzene rings is 1. The summed E-state index contributed by atoms with van der Waals surface area (Å²) < 4.78 is 52.9. The summed E-state index contributed by atoms with van der Waals surface area (Å²) in [6.07, 6.45) is -5.01. The summed E-state index contributed by atoms with van der Waals surface area (Å²) in [7, 11) is 0. The summed E-state index contributed by atoms with van der Waals surface area (Å²) in [5, 5.41) is 28.1. The molecule has 1 rings (SSSR count). The van der Waals surface area contributed by atoms with Crippen LogP contribution in [0.5, 0.6) is 5.75 Å². The van der Waals surface area contributed by atoms with E-state index in [1.54, 1.807) is 0 Å². The lowest BCUT2D eigenvalue weighted by Gasteiger charge is -2.11. The monoisotopic (exact) mass is 296 g/mol. The molecule has 21 heavy (non-hydrogen) atoms. The molecule has 106 valence electrons. The maximum absolute atomic E-state index is 13.2. The Bertz CT molecular complexity index is 688. The average Bonchev–Trinajstić information content (AvgIpc) is 2.36. The van der Waals surface area contributed by atoms with Crippen LogP contribution in [0.15, 0.2) is 29.5 Å². The van der Waals surface area contributed by atoms with Gasteiger partial charge in [0.25, 0.3) is 0 Å². The number of hydrogen-bond acceptors (Lipinski definition) is 5. The van der Waals surface area contributed by atoms with Crippen molar-refractivity contribution >= 4 is 5.69 Å². The van der Waals surface area contributed by atoms with Crippen molar-refractivity contribution in [2.24, 2.45) is 0 Å². The molecule has 0 heterocycles. The van der Waals surface area contributed by atoms with Gasteiger partial charge in [-0.1, -0.05) is 0 Å². The molecule has 0 aromatic heterocycles. The molecule has 1 aromatic rings. The molecule has 0 bridgehead atoms. The largest absolute Gasteiger partial charge is 0.573 e. The van der Waals surface area contributed by atoms with E-state index in [1.807, 2.05) is 0 Å². The highest BCUT2D eigenvalue weighted by Gasteiger charge is 2.31. The van der Waals surface area contributed by atoms with Crippen molar-refractivity contribution in [2.45, 2.75) is 6.36 Å². The standard InChI is InChI=1S/C12H4F4N4O/c13-8-1-9(3-10(2-8)21-12(14,15)16)20-11(6-19)7(4-17)5-18/h1-3,20H. The van der Waals surface area contributed by atoms with Crippen LogP contribution in [0.25, 0.3) is 0 Å². The highest BCUT2D eigenvalue weighted by molar-refractivity contribution is 5.59. The minimum absolute atomic E-state index is 0.284. The molecule has 9 heteroatoms. The minimum atomic E-state index is -5.01. The Kier molecular flexibility index (Phi) is 4.72. The number of halogens is 4. The lowest BCUT2D eigenvalue weighted by atomic mass is 10.2. The zero-order valence-electron chi connectivity index (χ0n) is 9.99. The van der Waals surface area contributed by atoms with Gasteiger partial charge in [0.2, 0.25) is 0 Å². The number of alkyl halides is 3. The molecule has 0 spiro atoms. The molecular weight excluding hydrogens is 292 g/mol. The van der Waals surface area contributed by atoms with Crippen molar-refractivity contribution in [1.82, 2.24) is 0 Å². The molecule has 0 amide bonds. The zero-order chi connectivity index (χ0) is 16.0. The van der Waals surface area contributed by atoms with Crippen molar-refractivity contribution in [2.75, 3.05) is 5.32 Å². The van der Waals surface area contributed by atoms with Gasteiger partial charge in [-0.3, -0.25) is 0 Å². The summed E-state index contributed by atoms with van der Waals surface area (Å²) >= 11 is 0. The fourth-order valence-electron chi connectivity index (χ4n) is 1.25. The van der Waals surface area contributed by atoms with Crippen molar-refractivity contribution in [1.29, 1.82) is 15.8 Å². The van der Waals surface area contributed by atoms with Gasteiger partial charge in [-0.25, -0.2) is 4.39 Å². The SMILES string of the molecule is N#CC(C#N)=C(C#N)Nc1cc(F)cc(OC(F)(F)F)c1. The Morgan fingerprint density at radius 2 is 1.67 bits per heavy atom. The van der Waals surface area contributed by atoms with Gasteiger partial charge in [-0.2, -0.15) is 15.8 Å². The van der Waals surface area contributed by atoms with Crippen LogP contribution in [0.1, 0.15) is 0 Å². The molecule has 0 atom stereocenters. The topological polar surface area (TPSA) is 92.6 Å². The van der Waals surface area contributed by atoms with Crippen LogP contribution in [-0.2, 0) is 0 Å². The quantitative estimate of drug-likeness (QED) is 0.683. The van der Waals surface area contributed by atoms with Gasteiger partial charge in [0.1, 0.15) is 35.5 Å². The fourth-order valence-corrected chi connectivity index (χ4v) is 1.25. The molecule has 0 saturated heterocycles. The third kappa shape index (κ3) is 4.73. The maximum atomic E-state index is 13.2. The first-order valence-corrected chi connectivity index (χ1v) is 5.07. The number of nitrogens with zero attached hydrogens (tertiary/aromatic N) is 3. The highest BCUT2D eigenvalue weighted by atomic mass is 19.4. The Labute approximate surface area is 115 Å². The van der Waals surface area contributed by atoms with E-state index in [0.29, 0.717) is 6.07 Å². The predicted octanol–water partition coefficient (Wildman–Crippen LogP) is 2.96. The molecule has 0 aliphatic carbocycles. The minimum Gasteiger partial charge on any atom is -0.406 e.